The molecule has 0 aliphatic carbocycles. The van der Waals surface area contributed by atoms with Crippen molar-refractivity contribution < 1.29 is 5.03 Å². The van der Waals surface area contributed by atoms with Gasteiger partial charge in [0.15, 0.2) is 5.03 Å². The van der Waals surface area contributed by atoms with E-state index in [-0.39, 0.29) is 5.03 Å². The molecule has 0 radical (unpaired) electrons. The number of nitrogens with zero attached hydrogens (tertiary/aromatic N) is 2. The highest BCUT2D eigenvalue weighted by Crippen LogP contribution is 2.14. The molecule has 82 valence electrons. The van der Waals surface area contributed by atoms with E-state index < -0.39 is 0 Å². The van der Waals surface area contributed by atoms with Crippen LogP contribution in [0.5, 0.6) is 0 Å². The number of anilines is 1. The van der Waals surface area contributed by atoms with Crippen molar-refractivity contribution in [2.75, 3.05) is 11.6 Å². The summed E-state index contributed by atoms with van der Waals surface area (Å²) in [6, 6.07) is 8.99. The van der Waals surface area contributed by atoms with Gasteiger partial charge in [-0.2, -0.15) is 0 Å². The van der Waals surface area contributed by atoms with Gasteiger partial charge in [0, 0.05) is 0 Å². The summed E-state index contributed by atoms with van der Waals surface area (Å²) in [7, 11) is 0. The smallest absolute Gasteiger partial charge is 0.165 e. The molecule has 0 atom stereocenters. The Morgan fingerprint density at radius 3 is 2.47 bits per heavy atom. The van der Waals surface area contributed by atoms with E-state index in [2.05, 4.69) is 6.92 Å². The Morgan fingerprint density at radius 2 is 1.93 bits per heavy atom. The number of hydrogen-bond acceptors (Lipinski definition) is 2. The van der Waals surface area contributed by atoms with Gasteiger partial charge in [-0.25, -0.2) is 10.1 Å². The molecule has 0 saturated carbocycles. The highest BCUT2D eigenvalue weighted by Gasteiger charge is 2.15. The van der Waals surface area contributed by atoms with Gasteiger partial charge in [0.05, 0.1) is 6.54 Å². The Kier molecular flexibility index (Phi) is 4.60. The molecule has 4 nitrogen and oxygen atoms in total. The SMILES string of the molecule is CCCCCN(c1ccccc1)[N+](=O)[O-]. The lowest BCUT2D eigenvalue weighted by Gasteiger charge is -2.13. The van der Waals surface area contributed by atoms with Crippen LogP contribution in [0.1, 0.15) is 26.2 Å². The van der Waals surface area contributed by atoms with Crippen LogP contribution in [0.2, 0.25) is 0 Å². The van der Waals surface area contributed by atoms with Crippen molar-refractivity contribution in [2.24, 2.45) is 0 Å². The summed E-state index contributed by atoms with van der Waals surface area (Å²) in [5, 5.41) is 11.7. The number of para-hydroxylation sites is 1. The van der Waals surface area contributed by atoms with Gasteiger partial charge in [0.1, 0.15) is 5.69 Å². The minimum Gasteiger partial charge on any atom is -0.234 e. The van der Waals surface area contributed by atoms with Crippen LogP contribution in [-0.4, -0.2) is 11.6 Å². The second kappa shape index (κ2) is 6.01. The van der Waals surface area contributed by atoms with Crippen LogP contribution >= 0.6 is 0 Å². The lowest BCUT2D eigenvalue weighted by atomic mass is 10.2. The summed E-state index contributed by atoms with van der Waals surface area (Å²) >= 11 is 0. The lowest BCUT2D eigenvalue weighted by Crippen LogP contribution is -2.30. The monoisotopic (exact) mass is 208 g/mol. The minimum atomic E-state index is -0.342. The molecule has 0 bridgehead atoms. The van der Waals surface area contributed by atoms with Crippen molar-refractivity contribution in [3.63, 3.8) is 0 Å². The standard InChI is InChI=1S/C11H16N2O2/c1-2-3-7-10-12(13(14)15)11-8-5-4-6-9-11/h4-6,8-9H,2-3,7,10H2,1H3. The normalized spacial score (nSPS) is 9.93. The van der Waals surface area contributed by atoms with E-state index >= 15 is 0 Å². The zero-order chi connectivity index (χ0) is 11.1. The molecule has 0 N–H and O–H groups in total. The molecule has 4 heteroatoms. The number of benzene rings is 1. The van der Waals surface area contributed by atoms with Gasteiger partial charge < -0.3 is 0 Å². The van der Waals surface area contributed by atoms with Gasteiger partial charge in [-0.1, -0.05) is 43.0 Å². The third kappa shape index (κ3) is 3.58. The van der Waals surface area contributed by atoms with Crippen LogP contribution in [0.25, 0.3) is 0 Å². The third-order valence-corrected chi connectivity index (χ3v) is 2.22. The fraction of sp³-hybridized carbons (Fsp3) is 0.455. The first-order valence-electron chi connectivity index (χ1n) is 5.22. The first kappa shape index (κ1) is 11.5. The predicted octanol–water partition coefficient (Wildman–Crippen LogP) is 2.87. The maximum atomic E-state index is 10.8. The number of unbranched alkanes of at least 4 members (excludes halogenated alkanes) is 2. The summed E-state index contributed by atoms with van der Waals surface area (Å²) in [5.41, 5.74) is 0.651. The zero-order valence-corrected chi connectivity index (χ0v) is 8.93. The average Bonchev–Trinajstić information content (AvgIpc) is 2.25. The number of hydrazine groups is 1. The van der Waals surface area contributed by atoms with Crippen LogP contribution in [0.15, 0.2) is 30.3 Å². The summed E-state index contributed by atoms with van der Waals surface area (Å²) in [4.78, 5) is 10.8. The van der Waals surface area contributed by atoms with Crippen LogP contribution in [0, 0.1) is 10.1 Å². The van der Waals surface area contributed by atoms with E-state index in [1.807, 2.05) is 18.2 Å². The van der Waals surface area contributed by atoms with Crippen molar-refractivity contribution in [2.45, 2.75) is 26.2 Å². The maximum Gasteiger partial charge on any atom is 0.165 e. The molecule has 1 aromatic carbocycles. The van der Waals surface area contributed by atoms with Crippen LogP contribution in [0.3, 0.4) is 0 Å². The van der Waals surface area contributed by atoms with Gasteiger partial charge >= 0.3 is 0 Å². The fourth-order valence-corrected chi connectivity index (χ4v) is 1.42. The summed E-state index contributed by atoms with van der Waals surface area (Å²) in [6.07, 6.45) is 2.95. The average molecular weight is 208 g/mol. The van der Waals surface area contributed by atoms with Gasteiger partial charge in [-0.3, -0.25) is 0 Å². The highest BCUT2D eigenvalue weighted by molar-refractivity contribution is 5.42. The summed E-state index contributed by atoms with van der Waals surface area (Å²) < 4.78 is 0. The summed E-state index contributed by atoms with van der Waals surface area (Å²) in [6.45, 7) is 2.56. The second-order valence-electron chi connectivity index (χ2n) is 3.40. The van der Waals surface area contributed by atoms with E-state index in [4.69, 9.17) is 0 Å². The van der Waals surface area contributed by atoms with Gasteiger partial charge in [0.2, 0.25) is 0 Å². The van der Waals surface area contributed by atoms with Gasteiger partial charge in [-0.05, 0) is 18.6 Å². The van der Waals surface area contributed by atoms with E-state index in [9.17, 15) is 10.1 Å². The molecule has 1 aromatic rings. The van der Waals surface area contributed by atoms with E-state index in [1.165, 1.54) is 5.01 Å². The van der Waals surface area contributed by atoms with Gasteiger partial charge in [0.25, 0.3) is 0 Å². The lowest BCUT2D eigenvalue weighted by molar-refractivity contribution is -0.494. The molecule has 0 aliphatic rings. The Bertz CT molecular complexity index is 301. The third-order valence-electron chi connectivity index (χ3n) is 2.22. The molecule has 15 heavy (non-hydrogen) atoms. The Labute approximate surface area is 89.6 Å². The molecule has 0 saturated heterocycles. The minimum absolute atomic E-state index is 0.342. The van der Waals surface area contributed by atoms with Crippen LogP contribution in [0.4, 0.5) is 5.69 Å². The fourth-order valence-electron chi connectivity index (χ4n) is 1.42. The maximum absolute atomic E-state index is 10.8. The second-order valence-corrected chi connectivity index (χ2v) is 3.40. The number of hydrogen-bond donors (Lipinski definition) is 0. The first-order valence-corrected chi connectivity index (χ1v) is 5.22. The highest BCUT2D eigenvalue weighted by atomic mass is 16.7. The Balaban J connectivity index is 2.62. The molecular formula is C11H16N2O2. The van der Waals surface area contributed by atoms with E-state index in [1.54, 1.807) is 12.1 Å². The van der Waals surface area contributed by atoms with Gasteiger partial charge in [-0.15, -0.1) is 0 Å². The van der Waals surface area contributed by atoms with Crippen molar-refractivity contribution in [3.05, 3.63) is 40.4 Å². The summed E-state index contributed by atoms with van der Waals surface area (Å²) in [5.74, 6) is 0. The quantitative estimate of drug-likeness (QED) is 0.410. The number of nitro groups is 1. The molecule has 0 unspecified atom stereocenters. The zero-order valence-electron chi connectivity index (χ0n) is 8.93. The van der Waals surface area contributed by atoms with Crippen molar-refractivity contribution in [3.8, 4) is 0 Å². The molecule has 0 aromatic heterocycles. The van der Waals surface area contributed by atoms with E-state index in [0.29, 0.717) is 12.2 Å². The molecular weight excluding hydrogens is 192 g/mol. The molecule has 0 amide bonds. The first-order chi connectivity index (χ1) is 7.25. The Hall–Kier alpha value is -1.58. The van der Waals surface area contributed by atoms with Crippen molar-refractivity contribution in [1.29, 1.82) is 0 Å². The Morgan fingerprint density at radius 1 is 1.27 bits per heavy atom. The molecule has 1 rings (SSSR count). The predicted molar refractivity (Wildman–Crippen MR) is 60.3 cm³/mol. The van der Waals surface area contributed by atoms with E-state index in [0.717, 1.165) is 19.3 Å². The largest absolute Gasteiger partial charge is 0.234 e. The molecule has 0 heterocycles. The van der Waals surface area contributed by atoms with Crippen molar-refractivity contribution in [1.82, 2.24) is 0 Å². The van der Waals surface area contributed by atoms with Crippen LogP contribution < -0.4 is 5.01 Å². The molecule has 0 aliphatic heterocycles. The van der Waals surface area contributed by atoms with Crippen LogP contribution in [-0.2, 0) is 0 Å². The topological polar surface area (TPSA) is 46.4 Å². The van der Waals surface area contributed by atoms with Crippen molar-refractivity contribution >= 4 is 5.69 Å². The molecule has 0 spiro atoms. The number of rotatable bonds is 6. The molecule has 0 fully saturated rings.